The maximum Gasteiger partial charge on any atom is 0.335 e. The fraction of sp³-hybridized carbons (Fsp3) is 0.0667. The molecule has 2 aromatic rings. The van der Waals surface area contributed by atoms with Crippen LogP contribution in [0.15, 0.2) is 46.9 Å². The Morgan fingerprint density at radius 2 is 1.80 bits per heavy atom. The van der Waals surface area contributed by atoms with Crippen molar-refractivity contribution in [1.82, 2.24) is 0 Å². The van der Waals surface area contributed by atoms with Crippen molar-refractivity contribution < 1.29 is 14.7 Å². The summed E-state index contributed by atoms with van der Waals surface area (Å²) >= 11 is 3.39. The van der Waals surface area contributed by atoms with Gasteiger partial charge in [0, 0.05) is 15.7 Å². The van der Waals surface area contributed by atoms with Crippen molar-refractivity contribution in [2.24, 2.45) is 0 Å². The van der Waals surface area contributed by atoms with Gasteiger partial charge in [0.15, 0.2) is 0 Å². The van der Waals surface area contributed by atoms with Crippen LogP contribution in [0, 0.1) is 6.92 Å². The fourth-order valence-corrected chi connectivity index (χ4v) is 2.05. The second kappa shape index (κ2) is 5.88. The number of anilines is 1. The molecule has 0 bridgehead atoms. The Labute approximate surface area is 124 Å². The van der Waals surface area contributed by atoms with Crippen LogP contribution in [0.5, 0.6) is 0 Å². The van der Waals surface area contributed by atoms with Gasteiger partial charge in [-0.2, -0.15) is 0 Å². The highest BCUT2D eigenvalue weighted by molar-refractivity contribution is 9.10. The van der Waals surface area contributed by atoms with E-state index in [1.54, 1.807) is 24.3 Å². The minimum absolute atomic E-state index is 0.0859. The van der Waals surface area contributed by atoms with Crippen LogP contribution in [0.4, 0.5) is 5.69 Å². The van der Waals surface area contributed by atoms with E-state index in [0.29, 0.717) is 11.3 Å². The molecule has 0 aliphatic heterocycles. The van der Waals surface area contributed by atoms with Crippen LogP contribution in [0.25, 0.3) is 0 Å². The summed E-state index contributed by atoms with van der Waals surface area (Å²) in [6, 6.07) is 11.4. The molecule has 0 aliphatic carbocycles. The minimum atomic E-state index is -1.06. The number of carboxylic acid groups (broad SMARTS) is 1. The molecule has 0 spiro atoms. The summed E-state index contributed by atoms with van der Waals surface area (Å²) in [6.07, 6.45) is 0. The van der Waals surface area contributed by atoms with Gasteiger partial charge < -0.3 is 10.4 Å². The zero-order valence-corrected chi connectivity index (χ0v) is 12.3. The van der Waals surface area contributed by atoms with Gasteiger partial charge in [-0.15, -0.1) is 0 Å². The summed E-state index contributed by atoms with van der Waals surface area (Å²) in [5.41, 5.74) is 2.11. The first-order valence-electron chi connectivity index (χ1n) is 5.88. The van der Waals surface area contributed by atoms with E-state index in [1.807, 2.05) is 13.0 Å². The van der Waals surface area contributed by atoms with Gasteiger partial charge in [-0.3, -0.25) is 4.79 Å². The summed E-state index contributed by atoms with van der Waals surface area (Å²) in [5.74, 6) is -1.40. The zero-order chi connectivity index (χ0) is 14.7. The molecule has 2 aromatic carbocycles. The summed E-state index contributed by atoms with van der Waals surface area (Å²) in [5, 5.41) is 11.6. The van der Waals surface area contributed by atoms with Gasteiger partial charge in [0.25, 0.3) is 5.91 Å². The van der Waals surface area contributed by atoms with Crippen LogP contribution in [-0.2, 0) is 0 Å². The minimum Gasteiger partial charge on any atom is -0.478 e. The van der Waals surface area contributed by atoms with Gasteiger partial charge in [-0.05, 0) is 42.8 Å². The van der Waals surface area contributed by atoms with Gasteiger partial charge in [-0.25, -0.2) is 4.79 Å². The van der Waals surface area contributed by atoms with Crippen LogP contribution in [-0.4, -0.2) is 17.0 Å². The van der Waals surface area contributed by atoms with Crippen LogP contribution in [0.3, 0.4) is 0 Å². The molecule has 0 unspecified atom stereocenters. The Hall–Kier alpha value is -2.14. The van der Waals surface area contributed by atoms with Gasteiger partial charge >= 0.3 is 5.97 Å². The number of amides is 1. The standard InChI is InChI=1S/C15H12BrNO3/c1-9-5-6-12(8-13(9)16)17-14(18)10-3-2-4-11(7-10)15(19)20/h2-8H,1H3,(H,17,18)(H,19,20). The molecule has 5 heteroatoms. The first-order chi connectivity index (χ1) is 9.47. The monoisotopic (exact) mass is 333 g/mol. The van der Waals surface area contributed by atoms with Gasteiger partial charge in [0.05, 0.1) is 5.56 Å². The number of hydrogen-bond acceptors (Lipinski definition) is 2. The summed E-state index contributed by atoms with van der Waals surface area (Å²) in [7, 11) is 0. The largest absolute Gasteiger partial charge is 0.478 e. The number of halogens is 1. The van der Waals surface area contributed by atoms with Gasteiger partial charge in [0.1, 0.15) is 0 Å². The van der Waals surface area contributed by atoms with Crippen molar-refractivity contribution in [3.8, 4) is 0 Å². The molecule has 0 aliphatic rings. The van der Waals surface area contributed by atoms with Crippen molar-refractivity contribution in [2.75, 3.05) is 5.32 Å². The number of carbonyl (C=O) groups excluding carboxylic acids is 1. The van der Waals surface area contributed by atoms with Crippen molar-refractivity contribution in [3.05, 3.63) is 63.6 Å². The molecule has 0 heterocycles. The summed E-state index contributed by atoms with van der Waals surface area (Å²) < 4.78 is 0.898. The Morgan fingerprint density at radius 3 is 2.45 bits per heavy atom. The lowest BCUT2D eigenvalue weighted by atomic mass is 10.1. The summed E-state index contributed by atoms with van der Waals surface area (Å²) in [4.78, 5) is 22.9. The number of rotatable bonds is 3. The number of aryl methyl sites for hydroxylation is 1. The Morgan fingerprint density at radius 1 is 1.10 bits per heavy atom. The summed E-state index contributed by atoms with van der Waals surface area (Å²) in [6.45, 7) is 1.95. The quantitative estimate of drug-likeness (QED) is 0.899. The SMILES string of the molecule is Cc1ccc(NC(=O)c2cccc(C(=O)O)c2)cc1Br. The number of carboxylic acids is 1. The predicted octanol–water partition coefficient (Wildman–Crippen LogP) is 3.71. The van der Waals surface area contributed by atoms with Crippen LogP contribution < -0.4 is 5.32 Å². The average molecular weight is 334 g/mol. The maximum atomic E-state index is 12.1. The van der Waals surface area contributed by atoms with Gasteiger partial charge in [-0.1, -0.05) is 28.1 Å². The third kappa shape index (κ3) is 3.24. The molecule has 0 saturated heterocycles. The predicted molar refractivity (Wildman–Crippen MR) is 80.2 cm³/mol. The third-order valence-corrected chi connectivity index (χ3v) is 3.66. The number of aromatic carboxylic acids is 1. The van der Waals surface area contributed by atoms with E-state index in [-0.39, 0.29) is 11.5 Å². The second-order valence-corrected chi connectivity index (χ2v) is 5.16. The highest BCUT2D eigenvalue weighted by Crippen LogP contribution is 2.21. The molecule has 4 nitrogen and oxygen atoms in total. The highest BCUT2D eigenvalue weighted by atomic mass is 79.9. The molecular weight excluding hydrogens is 322 g/mol. The molecule has 0 aromatic heterocycles. The second-order valence-electron chi connectivity index (χ2n) is 4.30. The molecule has 0 fully saturated rings. The zero-order valence-electron chi connectivity index (χ0n) is 10.7. The molecular formula is C15H12BrNO3. The molecule has 2 rings (SSSR count). The molecule has 0 atom stereocenters. The lowest BCUT2D eigenvalue weighted by Crippen LogP contribution is -2.12. The maximum absolute atomic E-state index is 12.1. The van der Waals surface area contributed by atoms with Crippen molar-refractivity contribution in [2.45, 2.75) is 6.92 Å². The number of nitrogens with one attached hydrogen (secondary N) is 1. The van der Waals surface area contributed by atoms with Crippen molar-refractivity contribution >= 4 is 33.5 Å². The lowest BCUT2D eigenvalue weighted by Gasteiger charge is -2.07. The highest BCUT2D eigenvalue weighted by Gasteiger charge is 2.10. The van der Waals surface area contributed by atoms with Crippen molar-refractivity contribution in [1.29, 1.82) is 0 Å². The van der Waals surface area contributed by atoms with E-state index in [9.17, 15) is 9.59 Å². The smallest absolute Gasteiger partial charge is 0.335 e. The van der Waals surface area contributed by atoms with Crippen LogP contribution in [0.1, 0.15) is 26.3 Å². The van der Waals surface area contributed by atoms with Crippen LogP contribution >= 0.6 is 15.9 Å². The molecule has 20 heavy (non-hydrogen) atoms. The fourth-order valence-electron chi connectivity index (χ4n) is 1.67. The molecule has 0 radical (unpaired) electrons. The molecule has 1 amide bonds. The Balaban J connectivity index is 2.21. The number of benzene rings is 2. The Bertz CT molecular complexity index is 683. The van der Waals surface area contributed by atoms with E-state index in [2.05, 4.69) is 21.2 Å². The van der Waals surface area contributed by atoms with Gasteiger partial charge in [0.2, 0.25) is 0 Å². The lowest BCUT2D eigenvalue weighted by molar-refractivity contribution is 0.0697. The molecule has 2 N–H and O–H groups in total. The first-order valence-corrected chi connectivity index (χ1v) is 6.67. The number of hydrogen-bond donors (Lipinski definition) is 2. The Kier molecular flexibility index (Phi) is 4.20. The van der Waals surface area contributed by atoms with E-state index >= 15 is 0 Å². The third-order valence-electron chi connectivity index (χ3n) is 2.80. The van der Waals surface area contributed by atoms with E-state index in [0.717, 1.165) is 10.0 Å². The van der Waals surface area contributed by atoms with E-state index in [4.69, 9.17) is 5.11 Å². The van der Waals surface area contributed by atoms with Crippen molar-refractivity contribution in [3.63, 3.8) is 0 Å². The van der Waals surface area contributed by atoms with E-state index in [1.165, 1.54) is 12.1 Å². The van der Waals surface area contributed by atoms with Crippen LogP contribution in [0.2, 0.25) is 0 Å². The average Bonchev–Trinajstić information content (AvgIpc) is 2.43. The normalized spacial score (nSPS) is 10.1. The first kappa shape index (κ1) is 14.3. The van der Waals surface area contributed by atoms with E-state index < -0.39 is 5.97 Å². The topological polar surface area (TPSA) is 66.4 Å². The number of carbonyl (C=O) groups is 2. The molecule has 102 valence electrons. The molecule has 0 saturated carbocycles.